The van der Waals surface area contributed by atoms with Crippen LogP contribution in [0, 0.1) is 11.6 Å². The van der Waals surface area contributed by atoms with Crippen LogP contribution in [0.25, 0.3) is 0 Å². The Hall–Kier alpha value is -1.98. The molecule has 0 radical (unpaired) electrons. The number of aldehydes is 1. The summed E-state index contributed by atoms with van der Waals surface area (Å²) in [7, 11) is 1.30. The predicted octanol–water partition coefficient (Wildman–Crippen LogP) is 3.25. The molecule has 0 saturated carbocycles. The molecule has 1 unspecified atom stereocenters. The third-order valence-electron chi connectivity index (χ3n) is 3.09. The minimum absolute atomic E-state index is 0.231. The van der Waals surface area contributed by atoms with Crippen LogP contribution in [0.3, 0.4) is 0 Å². The van der Waals surface area contributed by atoms with Crippen molar-refractivity contribution >= 4 is 12.4 Å². The van der Waals surface area contributed by atoms with Crippen molar-refractivity contribution in [2.45, 2.75) is 38.8 Å². The molecule has 1 rings (SSSR count). The first kappa shape index (κ1) is 17.1. The van der Waals surface area contributed by atoms with E-state index in [2.05, 4.69) is 0 Å². The fraction of sp³-hybridized carbons (Fsp3) is 0.467. The Morgan fingerprint density at radius 2 is 1.81 bits per heavy atom. The molecule has 0 aromatic heterocycles. The van der Waals surface area contributed by atoms with E-state index in [0.717, 1.165) is 11.0 Å². The van der Waals surface area contributed by atoms with Crippen molar-refractivity contribution in [3.63, 3.8) is 0 Å². The highest BCUT2D eigenvalue weighted by molar-refractivity contribution is 5.78. The van der Waals surface area contributed by atoms with Gasteiger partial charge in [-0.15, -0.1) is 0 Å². The number of nitrogens with zero attached hydrogens (tertiary/aromatic N) is 1. The summed E-state index contributed by atoms with van der Waals surface area (Å²) in [5, 5.41) is 0. The smallest absolute Gasteiger partial charge is 0.411 e. The van der Waals surface area contributed by atoms with Crippen molar-refractivity contribution < 1.29 is 23.1 Å². The van der Waals surface area contributed by atoms with Gasteiger partial charge in [-0.1, -0.05) is 12.1 Å². The average Bonchev–Trinajstić information content (AvgIpc) is 2.38. The van der Waals surface area contributed by atoms with Crippen molar-refractivity contribution in [1.82, 2.24) is 4.90 Å². The monoisotopic (exact) mass is 299 g/mol. The van der Waals surface area contributed by atoms with Gasteiger partial charge in [0.2, 0.25) is 0 Å². The zero-order chi connectivity index (χ0) is 16.4. The van der Waals surface area contributed by atoms with E-state index in [9.17, 15) is 18.4 Å². The lowest BCUT2D eigenvalue weighted by Gasteiger charge is -2.35. The first-order valence-electron chi connectivity index (χ1n) is 6.40. The number of carbonyl (C=O) groups excluding carboxylic acids is 2. The Balaban J connectivity index is 3.23. The first-order valence-corrected chi connectivity index (χ1v) is 6.40. The Morgan fingerprint density at radius 1 is 1.24 bits per heavy atom. The summed E-state index contributed by atoms with van der Waals surface area (Å²) in [5.41, 5.74) is -2.67. The third kappa shape index (κ3) is 3.56. The molecule has 4 nitrogen and oxygen atoms in total. The van der Waals surface area contributed by atoms with Gasteiger partial charge in [-0.2, -0.15) is 0 Å². The maximum absolute atomic E-state index is 13.9. The van der Waals surface area contributed by atoms with Gasteiger partial charge in [-0.25, -0.2) is 13.6 Å². The van der Waals surface area contributed by atoms with E-state index in [1.54, 1.807) is 20.8 Å². The van der Waals surface area contributed by atoms with Gasteiger partial charge in [0.1, 0.15) is 17.4 Å². The fourth-order valence-electron chi connectivity index (χ4n) is 1.74. The lowest BCUT2D eigenvalue weighted by Crippen LogP contribution is -2.48. The minimum Gasteiger partial charge on any atom is -0.444 e. The van der Waals surface area contributed by atoms with E-state index < -0.39 is 28.9 Å². The van der Waals surface area contributed by atoms with E-state index in [0.29, 0.717) is 6.29 Å². The number of carbonyl (C=O) groups is 2. The summed E-state index contributed by atoms with van der Waals surface area (Å²) >= 11 is 0. The van der Waals surface area contributed by atoms with Crippen LogP contribution in [-0.4, -0.2) is 29.9 Å². The summed E-state index contributed by atoms with van der Waals surface area (Å²) in [6.45, 7) is 6.32. The lowest BCUT2D eigenvalue weighted by molar-refractivity contribution is -0.117. The number of amides is 1. The zero-order valence-electron chi connectivity index (χ0n) is 12.7. The normalized spacial score (nSPS) is 14.2. The molecular formula is C15H19F2NO3. The molecule has 1 atom stereocenters. The number of likely N-dealkylation sites (N-methyl/N-ethyl adjacent to an activating group) is 1. The second-order valence-corrected chi connectivity index (χ2v) is 5.91. The molecule has 0 saturated heterocycles. The van der Waals surface area contributed by atoms with Gasteiger partial charge >= 0.3 is 6.09 Å². The summed E-state index contributed by atoms with van der Waals surface area (Å²) in [6.07, 6.45) is -0.421. The second kappa shape index (κ2) is 5.79. The van der Waals surface area contributed by atoms with E-state index in [1.807, 2.05) is 0 Å². The number of rotatable bonds is 3. The molecule has 0 N–H and O–H groups in total. The predicted molar refractivity (Wildman–Crippen MR) is 73.8 cm³/mol. The van der Waals surface area contributed by atoms with Crippen molar-refractivity contribution in [3.05, 3.63) is 35.4 Å². The Kier molecular flexibility index (Phi) is 4.71. The zero-order valence-corrected chi connectivity index (χ0v) is 12.7. The Morgan fingerprint density at radius 3 is 2.29 bits per heavy atom. The molecule has 116 valence electrons. The molecule has 1 aromatic carbocycles. The van der Waals surface area contributed by atoms with Gasteiger partial charge in [0.15, 0.2) is 11.6 Å². The molecular weight excluding hydrogens is 280 g/mol. The molecule has 0 heterocycles. The number of hydrogen-bond acceptors (Lipinski definition) is 3. The molecule has 0 spiro atoms. The number of ether oxygens (including phenoxy) is 1. The van der Waals surface area contributed by atoms with Crippen LogP contribution < -0.4 is 0 Å². The van der Waals surface area contributed by atoms with Crippen LogP contribution in [0.1, 0.15) is 33.3 Å². The van der Waals surface area contributed by atoms with Gasteiger partial charge in [-0.3, -0.25) is 4.90 Å². The topological polar surface area (TPSA) is 46.6 Å². The molecule has 21 heavy (non-hydrogen) atoms. The third-order valence-corrected chi connectivity index (χ3v) is 3.09. The molecule has 0 aliphatic rings. The van der Waals surface area contributed by atoms with Gasteiger partial charge in [0, 0.05) is 12.6 Å². The Labute approximate surface area is 122 Å². The van der Waals surface area contributed by atoms with E-state index in [4.69, 9.17) is 4.74 Å². The molecule has 0 aliphatic carbocycles. The molecule has 0 fully saturated rings. The maximum Gasteiger partial charge on any atom is 0.411 e. The summed E-state index contributed by atoms with van der Waals surface area (Å²) in [6, 6.07) is 3.48. The number of halogens is 2. The molecule has 1 aromatic rings. The molecule has 0 bridgehead atoms. The highest BCUT2D eigenvalue weighted by Crippen LogP contribution is 2.29. The van der Waals surface area contributed by atoms with Gasteiger partial charge in [-0.05, 0) is 33.8 Å². The van der Waals surface area contributed by atoms with Crippen LogP contribution >= 0.6 is 0 Å². The van der Waals surface area contributed by atoms with Crippen molar-refractivity contribution in [3.8, 4) is 0 Å². The quantitative estimate of drug-likeness (QED) is 0.805. The molecule has 1 amide bonds. The van der Waals surface area contributed by atoms with Crippen LogP contribution in [0.4, 0.5) is 13.6 Å². The fourth-order valence-corrected chi connectivity index (χ4v) is 1.74. The summed E-state index contributed by atoms with van der Waals surface area (Å²) in [5.74, 6) is -2.25. The Bertz CT molecular complexity index is 554. The largest absolute Gasteiger partial charge is 0.444 e. The van der Waals surface area contributed by atoms with Gasteiger partial charge < -0.3 is 9.53 Å². The van der Waals surface area contributed by atoms with E-state index >= 15 is 0 Å². The highest BCUT2D eigenvalue weighted by atomic mass is 19.2. The van der Waals surface area contributed by atoms with Crippen molar-refractivity contribution in [1.29, 1.82) is 0 Å². The summed E-state index contributed by atoms with van der Waals surface area (Å²) in [4.78, 5) is 24.5. The maximum atomic E-state index is 13.9. The number of hydrogen-bond donors (Lipinski definition) is 0. The molecule has 0 aliphatic heterocycles. The van der Waals surface area contributed by atoms with Gasteiger partial charge in [0.25, 0.3) is 0 Å². The SMILES string of the molecule is CN(C(=O)OC(C)(C)C)C(C)(C=O)c1cccc(F)c1F. The standard InChI is InChI=1S/C15H19F2NO3/c1-14(2,3)21-13(20)18(5)15(4,9-19)10-7-6-8-11(16)12(10)17/h6-9H,1-5H3. The van der Waals surface area contributed by atoms with E-state index in [1.165, 1.54) is 26.1 Å². The summed E-state index contributed by atoms with van der Waals surface area (Å²) < 4.78 is 32.4. The van der Waals surface area contributed by atoms with Crippen LogP contribution in [0.2, 0.25) is 0 Å². The van der Waals surface area contributed by atoms with Crippen LogP contribution in [0.15, 0.2) is 18.2 Å². The van der Waals surface area contributed by atoms with Gasteiger partial charge in [0.05, 0.1) is 0 Å². The van der Waals surface area contributed by atoms with Crippen LogP contribution in [0.5, 0.6) is 0 Å². The van der Waals surface area contributed by atoms with Crippen molar-refractivity contribution in [2.24, 2.45) is 0 Å². The lowest BCUT2D eigenvalue weighted by atomic mass is 9.91. The van der Waals surface area contributed by atoms with E-state index in [-0.39, 0.29) is 5.56 Å². The average molecular weight is 299 g/mol. The molecule has 6 heteroatoms. The first-order chi connectivity index (χ1) is 9.53. The minimum atomic E-state index is -1.67. The van der Waals surface area contributed by atoms with Crippen molar-refractivity contribution in [2.75, 3.05) is 7.05 Å². The number of benzene rings is 1. The van der Waals surface area contributed by atoms with Crippen LogP contribution in [-0.2, 0) is 15.1 Å². The highest BCUT2D eigenvalue weighted by Gasteiger charge is 2.39. The second-order valence-electron chi connectivity index (χ2n) is 5.91.